The number of rotatable bonds is 2. The smallest absolute Gasteiger partial charge is 0.148 e. The van der Waals surface area contributed by atoms with Crippen LogP contribution in [0.3, 0.4) is 0 Å². The van der Waals surface area contributed by atoms with Gasteiger partial charge in [-0.15, -0.1) is 0 Å². The van der Waals surface area contributed by atoms with Gasteiger partial charge in [-0.1, -0.05) is 6.07 Å². The number of pyridine rings is 1. The standard InChI is InChI=1S/C11H14N2O/c1-9-3-2-4-10(12-9)7-13-6-5-11(14)8-13/h2-4H,5-8H2,1H3. The van der Waals surface area contributed by atoms with Crippen molar-refractivity contribution in [1.29, 1.82) is 0 Å². The second-order valence-electron chi connectivity index (χ2n) is 3.77. The molecule has 0 N–H and O–H groups in total. The van der Waals surface area contributed by atoms with Crippen molar-refractivity contribution in [3.05, 3.63) is 29.6 Å². The molecule has 3 heteroatoms. The van der Waals surface area contributed by atoms with Gasteiger partial charge in [-0.2, -0.15) is 0 Å². The summed E-state index contributed by atoms with van der Waals surface area (Å²) in [6.07, 6.45) is 0.700. The number of carbonyl (C=O) groups is 1. The Bertz CT molecular complexity index is 349. The highest BCUT2D eigenvalue weighted by Gasteiger charge is 2.19. The molecule has 0 unspecified atom stereocenters. The molecule has 0 aliphatic carbocycles. The molecule has 3 nitrogen and oxygen atoms in total. The van der Waals surface area contributed by atoms with E-state index >= 15 is 0 Å². The van der Waals surface area contributed by atoms with E-state index in [0.29, 0.717) is 18.7 Å². The second kappa shape index (κ2) is 3.88. The number of Topliss-reactive ketones (excluding diaryl/α,β-unsaturated/α-hetero) is 1. The molecule has 1 aromatic heterocycles. The average Bonchev–Trinajstić information content (AvgIpc) is 2.51. The van der Waals surface area contributed by atoms with E-state index in [1.54, 1.807) is 0 Å². The van der Waals surface area contributed by atoms with Crippen molar-refractivity contribution in [1.82, 2.24) is 9.88 Å². The van der Waals surface area contributed by atoms with Gasteiger partial charge in [-0.3, -0.25) is 14.7 Å². The summed E-state index contributed by atoms with van der Waals surface area (Å²) in [6.45, 7) is 4.26. The summed E-state index contributed by atoms with van der Waals surface area (Å²) in [6, 6.07) is 6.00. The molecule has 0 saturated carbocycles. The lowest BCUT2D eigenvalue weighted by Gasteiger charge is -2.12. The van der Waals surface area contributed by atoms with Crippen molar-refractivity contribution >= 4 is 5.78 Å². The van der Waals surface area contributed by atoms with E-state index in [2.05, 4.69) is 9.88 Å². The SMILES string of the molecule is Cc1cccc(CN2CCC(=O)C2)n1. The fraction of sp³-hybridized carbons (Fsp3) is 0.455. The molecule has 1 aromatic rings. The first-order valence-corrected chi connectivity index (χ1v) is 4.90. The van der Waals surface area contributed by atoms with Crippen LogP contribution in [0, 0.1) is 6.92 Å². The molecule has 0 bridgehead atoms. The predicted octanol–water partition coefficient (Wildman–Crippen LogP) is 1.16. The lowest BCUT2D eigenvalue weighted by Crippen LogP contribution is -2.20. The molecule has 1 fully saturated rings. The van der Waals surface area contributed by atoms with E-state index in [1.165, 1.54) is 0 Å². The fourth-order valence-electron chi connectivity index (χ4n) is 1.74. The maximum absolute atomic E-state index is 11.0. The summed E-state index contributed by atoms with van der Waals surface area (Å²) in [5.74, 6) is 0.345. The van der Waals surface area contributed by atoms with Gasteiger partial charge in [0.15, 0.2) is 0 Å². The summed E-state index contributed by atoms with van der Waals surface area (Å²) in [5.41, 5.74) is 2.09. The van der Waals surface area contributed by atoms with Gasteiger partial charge in [-0.25, -0.2) is 0 Å². The molecule has 14 heavy (non-hydrogen) atoms. The zero-order valence-corrected chi connectivity index (χ0v) is 8.36. The van der Waals surface area contributed by atoms with Crippen molar-refractivity contribution in [2.45, 2.75) is 19.9 Å². The van der Waals surface area contributed by atoms with Crippen molar-refractivity contribution in [2.75, 3.05) is 13.1 Å². The fourth-order valence-corrected chi connectivity index (χ4v) is 1.74. The Morgan fingerprint density at radius 3 is 3.00 bits per heavy atom. The third kappa shape index (κ3) is 2.17. The normalized spacial score (nSPS) is 17.6. The lowest BCUT2D eigenvalue weighted by molar-refractivity contribution is -0.116. The minimum absolute atomic E-state index is 0.345. The van der Waals surface area contributed by atoms with E-state index in [-0.39, 0.29) is 0 Å². The first-order valence-electron chi connectivity index (χ1n) is 4.90. The molecule has 1 saturated heterocycles. The van der Waals surface area contributed by atoms with Crippen LogP contribution in [-0.2, 0) is 11.3 Å². The molecule has 0 aromatic carbocycles. The van der Waals surface area contributed by atoms with Crippen LogP contribution in [0.5, 0.6) is 0 Å². The predicted molar refractivity (Wildman–Crippen MR) is 53.9 cm³/mol. The van der Waals surface area contributed by atoms with Gasteiger partial charge >= 0.3 is 0 Å². The Hall–Kier alpha value is -1.22. The largest absolute Gasteiger partial charge is 0.298 e. The van der Waals surface area contributed by atoms with Gasteiger partial charge in [0.1, 0.15) is 5.78 Å². The van der Waals surface area contributed by atoms with Gasteiger partial charge in [0.2, 0.25) is 0 Å². The van der Waals surface area contributed by atoms with E-state index in [1.807, 2.05) is 25.1 Å². The van der Waals surface area contributed by atoms with E-state index < -0.39 is 0 Å². The molecule has 0 radical (unpaired) electrons. The first kappa shape index (κ1) is 9.34. The maximum Gasteiger partial charge on any atom is 0.148 e. The first-order chi connectivity index (χ1) is 6.74. The van der Waals surface area contributed by atoms with Gasteiger partial charge in [0.25, 0.3) is 0 Å². The average molecular weight is 190 g/mol. The molecule has 1 aliphatic heterocycles. The highest BCUT2D eigenvalue weighted by molar-refractivity contribution is 5.82. The second-order valence-corrected chi connectivity index (χ2v) is 3.77. The monoisotopic (exact) mass is 190 g/mol. The molecule has 2 heterocycles. The van der Waals surface area contributed by atoms with Crippen molar-refractivity contribution < 1.29 is 4.79 Å². The summed E-state index contributed by atoms with van der Waals surface area (Å²) < 4.78 is 0. The Morgan fingerprint density at radius 2 is 2.36 bits per heavy atom. The Morgan fingerprint density at radius 1 is 1.50 bits per heavy atom. The van der Waals surface area contributed by atoms with Crippen LogP contribution in [0.25, 0.3) is 0 Å². The quantitative estimate of drug-likeness (QED) is 0.701. The number of nitrogens with zero attached hydrogens (tertiary/aromatic N) is 2. The molecule has 0 atom stereocenters. The van der Waals surface area contributed by atoms with Crippen LogP contribution in [0.4, 0.5) is 0 Å². The van der Waals surface area contributed by atoms with E-state index in [0.717, 1.165) is 24.5 Å². The van der Waals surface area contributed by atoms with Crippen LogP contribution >= 0.6 is 0 Å². The minimum Gasteiger partial charge on any atom is -0.298 e. The lowest BCUT2D eigenvalue weighted by atomic mass is 10.3. The summed E-state index contributed by atoms with van der Waals surface area (Å²) in [7, 11) is 0. The van der Waals surface area contributed by atoms with E-state index in [9.17, 15) is 4.79 Å². The number of hydrogen-bond donors (Lipinski definition) is 0. The molecular formula is C11H14N2O. The third-order valence-electron chi connectivity index (χ3n) is 2.44. The summed E-state index contributed by atoms with van der Waals surface area (Å²) in [5, 5.41) is 0. The zero-order valence-electron chi connectivity index (χ0n) is 8.36. The summed E-state index contributed by atoms with van der Waals surface area (Å²) in [4.78, 5) is 17.6. The van der Waals surface area contributed by atoms with Crippen LogP contribution in [-0.4, -0.2) is 28.8 Å². The number of aryl methyl sites for hydroxylation is 1. The van der Waals surface area contributed by atoms with Gasteiger partial charge in [0.05, 0.1) is 12.2 Å². The van der Waals surface area contributed by atoms with Crippen molar-refractivity contribution in [3.63, 3.8) is 0 Å². The molecular weight excluding hydrogens is 176 g/mol. The number of aromatic nitrogens is 1. The molecule has 0 amide bonds. The van der Waals surface area contributed by atoms with Gasteiger partial charge < -0.3 is 0 Å². The number of hydrogen-bond acceptors (Lipinski definition) is 3. The minimum atomic E-state index is 0.345. The molecule has 74 valence electrons. The Balaban J connectivity index is 2.00. The summed E-state index contributed by atoms with van der Waals surface area (Å²) >= 11 is 0. The third-order valence-corrected chi connectivity index (χ3v) is 2.44. The van der Waals surface area contributed by atoms with Crippen LogP contribution in [0.2, 0.25) is 0 Å². The highest BCUT2D eigenvalue weighted by Crippen LogP contribution is 2.09. The van der Waals surface area contributed by atoms with Crippen LogP contribution < -0.4 is 0 Å². The maximum atomic E-state index is 11.0. The van der Waals surface area contributed by atoms with Gasteiger partial charge in [0, 0.05) is 25.2 Å². The van der Waals surface area contributed by atoms with Crippen LogP contribution in [0.1, 0.15) is 17.8 Å². The van der Waals surface area contributed by atoms with Crippen LogP contribution in [0.15, 0.2) is 18.2 Å². The van der Waals surface area contributed by atoms with E-state index in [4.69, 9.17) is 0 Å². The zero-order chi connectivity index (χ0) is 9.97. The number of carbonyl (C=O) groups excluding carboxylic acids is 1. The molecule has 1 aliphatic rings. The number of ketones is 1. The van der Waals surface area contributed by atoms with Crippen molar-refractivity contribution in [2.24, 2.45) is 0 Å². The topological polar surface area (TPSA) is 33.2 Å². The Kier molecular flexibility index (Phi) is 2.59. The van der Waals surface area contributed by atoms with Crippen molar-refractivity contribution in [3.8, 4) is 0 Å². The number of likely N-dealkylation sites (tertiary alicyclic amines) is 1. The molecule has 0 spiro atoms. The highest BCUT2D eigenvalue weighted by atomic mass is 16.1. The molecule has 2 rings (SSSR count). The van der Waals surface area contributed by atoms with Gasteiger partial charge in [-0.05, 0) is 19.1 Å². The Labute approximate surface area is 83.8 Å².